The number of carbonyl (C=O) groups is 1. The Morgan fingerprint density at radius 1 is 1.48 bits per heavy atom. The van der Waals surface area contributed by atoms with Crippen LogP contribution in [0.15, 0.2) is 0 Å². The lowest BCUT2D eigenvalue weighted by molar-refractivity contribution is -0.0425. The highest BCUT2D eigenvalue weighted by atomic mass is 32.3. The molecule has 0 saturated carbocycles. The van der Waals surface area contributed by atoms with Crippen LogP contribution in [-0.4, -0.2) is 49.7 Å². The lowest BCUT2D eigenvalue weighted by Gasteiger charge is -2.21. The summed E-state index contributed by atoms with van der Waals surface area (Å²) in [5.74, 6) is 0. The standard InChI is InChI=1S/C11H18N4O5S/c1-3-4-7-13-19-21(17,18)20-15-9-5-6-10(12-2)14(8-9)11(15)16/h9-10,13H,3-8H2,1H3/t9-,10-/m0/s1. The summed E-state index contributed by atoms with van der Waals surface area (Å²) < 4.78 is 32.5. The molecule has 2 bridgehead atoms. The molecule has 2 rings (SSSR count). The molecule has 2 saturated heterocycles. The van der Waals surface area contributed by atoms with Crippen molar-refractivity contribution in [2.24, 2.45) is 0 Å². The summed E-state index contributed by atoms with van der Waals surface area (Å²) in [7, 11) is -4.35. The maximum Gasteiger partial charge on any atom is 0.437 e. The largest absolute Gasteiger partial charge is 0.437 e. The van der Waals surface area contributed by atoms with Crippen molar-refractivity contribution in [2.75, 3.05) is 13.1 Å². The zero-order valence-electron chi connectivity index (χ0n) is 11.7. The first-order valence-corrected chi connectivity index (χ1v) is 8.14. The molecule has 118 valence electrons. The number of hydrogen-bond donors (Lipinski definition) is 1. The van der Waals surface area contributed by atoms with Crippen LogP contribution in [0.3, 0.4) is 0 Å². The van der Waals surface area contributed by atoms with Crippen molar-refractivity contribution in [1.82, 2.24) is 15.4 Å². The minimum absolute atomic E-state index is 0.296. The molecular weight excluding hydrogens is 300 g/mol. The van der Waals surface area contributed by atoms with E-state index < -0.39 is 22.6 Å². The normalized spacial score (nSPS) is 25.2. The SMILES string of the molecule is [C-]#[N+][C@@H]1CC[C@H]2CN1C(=O)N2OS(=O)(=O)ONCCCC. The number of unbranched alkanes of at least 4 members (excludes halogenated alkanes) is 1. The molecule has 0 aliphatic carbocycles. The van der Waals surface area contributed by atoms with Gasteiger partial charge in [0.1, 0.15) is 0 Å². The van der Waals surface area contributed by atoms with Crippen molar-refractivity contribution in [3.8, 4) is 0 Å². The second-order valence-corrected chi connectivity index (χ2v) is 6.05. The average Bonchev–Trinajstić information content (AvgIpc) is 2.69. The number of rotatable bonds is 7. The molecule has 0 aromatic rings. The van der Waals surface area contributed by atoms with E-state index in [-0.39, 0.29) is 6.04 Å². The van der Waals surface area contributed by atoms with Crippen LogP contribution in [-0.2, 0) is 19.0 Å². The van der Waals surface area contributed by atoms with Gasteiger partial charge in [-0.1, -0.05) is 13.3 Å². The molecule has 0 radical (unpaired) electrons. The van der Waals surface area contributed by atoms with Crippen LogP contribution in [0.4, 0.5) is 4.79 Å². The summed E-state index contributed by atoms with van der Waals surface area (Å²) in [6, 6.07) is -0.983. The first kappa shape index (κ1) is 16.0. The predicted molar refractivity (Wildman–Crippen MR) is 71.4 cm³/mol. The van der Waals surface area contributed by atoms with Crippen LogP contribution in [0.2, 0.25) is 0 Å². The Morgan fingerprint density at radius 3 is 2.90 bits per heavy atom. The van der Waals surface area contributed by atoms with Gasteiger partial charge in [-0.25, -0.2) is 11.4 Å². The van der Waals surface area contributed by atoms with Crippen molar-refractivity contribution in [1.29, 1.82) is 0 Å². The van der Waals surface area contributed by atoms with Gasteiger partial charge in [-0.05, 0) is 12.8 Å². The molecule has 2 fully saturated rings. The zero-order valence-corrected chi connectivity index (χ0v) is 12.5. The first-order valence-electron chi connectivity index (χ1n) is 6.80. The fourth-order valence-corrected chi connectivity index (χ4v) is 2.96. The molecule has 2 amide bonds. The van der Waals surface area contributed by atoms with Crippen LogP contribution in [0, 0.1) is 6.57 Å². The predicted octanol–water partition coefficient (Wildman–Crippen LogP) is 0.629. The van der Waals surface area contributed by atoms with Gasteiger partial charge in [-0.2, -0.15) is 23.2 Å². The molecule has 10 heteroatoms. The van der Waals surface area contributed by atoms with E-state index in [1.165, 1.54) is 4.90 Å². The molecule has 0 spiro atoms. The number of fused-ring (bicyclic) bond motifs is 2. The van der Waals surface area contributed by atoms with E-state index in [2.05, 4.69) is 14.6 Å². The van der Waals surface area contributed by atoms with Gasteiger partial charge < -0.3 is 0 Å². The number of hydroxylamine groups is 3. The van der Waals surface area contributed by atoms with Gasteiger partial charge in [-0.15, -0.1) is 4.28 Å². The van der Waals surface area contributed by atoms with Crippen molar-refractivity contribution in [3.63, 3.8) is 0 Å². The molecule has 2 aliphatic rings. The van der Waals surface area contributed by atoms with Gasteiger partial charge in [0.2, 0.25) is 0 Å². The van der Waals surface area contributed by atoms with E-state index in [0.29, 0.717) is 25.9 Å². The van der Waals surface area contributed by atoms with Gasteiger partial charge in [0.25, 0.3) is 0 Å². The number of urea groups is 1. The fourth-order valence-electron chi connectivity index (χ4n) is 2.32. The number of carbonyl (C=O) groups excluding carboxylic acids is 1. The molecule has 2 heterocycles. The lowest BCUT2D eigenvalue weighted by Crippen LogP contribution is -2.38. The summed E-state index contributed by atoms with van der Waals surface area (Å²) in [5.41, 5.74) is 2.28. The van der Waals surface area contributed by atoms with E-state index in [9.17, 15) is 13.2 Å². The second-order valence-electron chi connectivity index (χ2n) is 4.92. The number of nitrogens with zero attached hydrogens (tertiary/aromatic N) is 3. The summed E-state index contributed by atoms with van der Waals surface area (Å²) in [6.45, 7) is 9.65. The molecule has 1 N–H and O–H groups in total. The fraction of sp³-hybridized carbons (Fsp3) is 0.818. The molecular formula is C11H18N4O5S. The topological polar surface area (TPSA) is 92.5 Å². The van der Waals surface area contributed by atoms with Crippen molar-refractivity contribution < 1.29 is 21.8 Å². The highest BCUT2D eigenvalue weighted by molar-refractivity contribution is 7.81. The number of hydrogen-bond acceptors (Lipinski definition) is 6. The quantitative estimate of drug-likeness (QED) is 0.420. The van der Waals surface area contributed by atoms with Crippen LogP contribution in [0.5, 0.6) is 0 Å². The lowest BCUT2D eigenvalue weighted by atomic mass is 10.1. The van der Waals surface area contributed by atoms with Gasteiger partial charge in [0, 0.05) is 13.0 Å². The maximum atomic E-state index is 12.1. The minimum atomic E-state index is -4.35. The second kappa shape index (κ2) is 6.57. The number of piperidine rings is 1. The molecule has 0 aromatic carbocycles. The van der Waals surface area contributed by atoms with E-state index in [1.54, 1.807) is 0 Å². The van der Waals surface area contributed by atoms with Crippen LogP contribution < -0.4 is 5.48 Å². The Balaban J connectivity index is 1.94. The molecule has 0 unspecified atom stereocenters. The van der Waals surface area contributed by atoms with E-state index >= 15 is 0 Å². The van der Waals surface area contributed by atoms with Crippen LogP contribution in [0.25, 0.3) is 4.85 Å². The van der Waals surface area contributed by atoms with Gasteiger partial charge in [-0.3, -0.25) is 9.74 Å². The van der Waals surface area contributed by atoms with Crippen LogP contribution in [0.1, 0.15) is 32.6 Å². The number of amides is 2. The van der Waals surface area contributed by atoms with Crippen LogP contribution >= 0.6 is 0 Å². The minimum Gasteiger partial charge on any atom is -0.290 e. The summed E-state index contributed by atoms with van der Waals surface area (Å²) >= 11 is 0. The number of nitrogens with one attached hydrogen (secondary N) is 1. The average molecular weight is 318 g/mol. The van der Waals surface area contributed by atoms with Gasteiger partial charge in [0.15, 0.2) is 0 Å². The third-order valence-corrected chi connectivity index (χ3v) is 4.07. The highest BCUT2D eigenvalue weighted by Gasteiger charge is 2.50. The van der Waals surface area contributed by atoms with Crippen molar-refractivity contribution in [2.45, 2.75) is 44.8 Å². The smallest absolute Gasteiger partial charge is 0.290 e. The Bertz CT molecular complexity index is 531. The Morgan fingerprint density at radius 2 is 2.24 bits per heavy atom. The first-order chi connectivity index (χ1) is 9.98. The molecule has 2 atom stereocenters. The third kappa shape index (κ3) is 3.62. The van der Waals surface area contributed by atoms with Crippen molar-refractivity contribution in [3.05, 3.63) is 11.4 Å². The van der Waals surface area contributed by atoms with E-state index in [4.69, 9.17) is 10.9 Å². The third-order valence-electron chi connectivity index (χ3n) is 3.41. The Kier molecular flexibility index (Phi) is 5.00. The van der Waals surface area contributed by atoms with Gasteiger partial charge in [0.05, 0.1) is 12.6 Å². The molecule has 0 aromatic heterocycles. The van der Waals surface area contributed by atoms with E-state index in [1.807, 2.05) is 6.92 Å². The monoisotopic (exact) mass is 318 g/mol. The summed E-state index contributed by atoms with van der Waals surface area (Å²) in [6.07, 6.45) is 2.12. The van der Waals surface area contributed by atoms with Gasteiger partial charge >= 0.3 is 22.6 Å². The molecule has 2 aliphatic heterocycles. The Hall–Kier alpha value is -1.41. The van der Waals surface area contributed by atoms with Crippen molar-refractivity contribution >= 4 is 16.4 Å². The Labute approximate surface area is 123 Å². The summed E-state index contributed by atoms with van der Waals surface area (Å²) in [5, 5.41) is 0.794. The highest BCUT2D eigenvalue weighted by Crippen LogP contribution is 2.31. The summed E-state index contributed by atoms with van der Waals surface area (Å²) in [4.78, 5) is 16.7. The zero-order chi connectivity index (χ0) is 15.5. The molecule has 21 heavy (non-hydrogen) atoms. The maximum absolute atomic E-state index is 12.1. The van der Waals surface area contributed by atoms with E-state index in [0.717, 1.165) is 17.9 Å². The molecule has 9 nitrogen and oxygen atoms in total.